The number of esters is 1. The maximum absolute atomic E-state index is 13.4. The van der Waals surface area contributed by atoms with Crippen LogP contribution in [0.15, 0.2) is 35.2 Å². The number of rotatable bonds is 9. The van der Waals surface area contributed by atoms with Crippen LogP contribution in [0.2, 0.25) is 0 Å². The van der Waals surface area contributed by atoms with Crippen molar-refractivity contribution < 1.29 is 27.5 Å². The molecule has 0 aliphatic carbocycles. The van der Waals surface area contributed by atoms with Crippen molar-refractivity contribution in [3.63, 3.8) is 0 Å². The highest BCUT2D eigenvalue weighted by atomic mass is 32.2. The predicted octanol–water partition coefficient (Wildman–Crippen LogP) is 1.63. The Labute approximate surface area is 194 Å². The topological polar surface area (TPSA) is 98.2 Å². The van der Waals surface area contributed by atoms with E-state index >= 15 is 0 Å². The smallest absolute Gasteiger partial charge is 0.354 e. The number of ketones is 1. The van der Waals surface area contributed by atoms with E-state index in [9.17, 15) is 18.0 Å². The van der Waals surface area contributed by atoms with E-state index in [1.165, 1.54) is 23.5 Å². The number of aromatic nitrogens is 1. The number of hydrogen-bond donors (Lipinski definition) is 0. The second-order valence-electron chi connectivity index (χ2n) is 8.01. The lowest BCUT2D eigenvalue weighted by Crippen LogP contribution is -2.44. The number of morpholine rings is 1. The summed E-state index contributed by atoms with van der Waals surface area (Å²) >= 11 is 0. The number of Topliss-reactive ketones (excluding diaryl/α,β-unsaturated/α-hetero) is 1. The molecule has 0 amide bonds. The van der Waals surface area contributed by atoms with E-state index in [4.69, 9.17) is 9.47 Å². The number of carbonyl (C=O) groups is 2. The van der Waals surface area contributed by atoms with Gasteiger partial charge in [-0.3, -0.25) is 9.69 Å². The molecule has 1 aromatic heterocycles. The molecule has 180 valence electrons. The zero-order valence-electron chi connectivity index (χ0n) is 19.5. The molecule has 1 aliphatic rings. The first-order valence-electron chi connectivity index (χ1n) is 10.8. The number of carbonyl (C=O) groups excluding carboxylic acids is 2. The molecule has 0 unspecified atom stereocenters. The van der Waals surface area contributed by atoms with Gasteiger partial charge in [-0.1, -0.05) is 18.2 Å². The molecule has 0 spiro atoms. The molecule has 1 fully saturated rings. The van der Waals surface area contributed by atoms with Crippen molar-refractivity contribution in [2.75, 3.05) is 53.0 Å². The Morgan fingerprint density at radius 1 is 1.12 bits per heavy atom. The summed E-state index contributed by atoms with van der Waals surface area (Å²) in [6, 6.07) is 8.10. The third-order valence-corrected chi connectivity index (χ3v) is 7.92. The summed E-state index contributed by atoms with van der Waals surface area (Å²) in [6.07, 6.45) is 0. The molecule has 9 nitrogen and oxygen atoms in total. The standard InChI is InChI=1S/C23H31N3O6S/c1-17-21(18(2)24(3)22(17)23(28)31-4)20(27)16-26(11-10-25-12-14-32-15-13-25)33(29,30)19-8-6-5-7-9-19/h5-9H,10-16H2,1-4H3. The average molecular weight is 478 g/mol. The molecule has 33 heavy (non-hydrogen) atoms. The summed E-state index contributed by atoms with van der Waals surface area (Å²) in [6.45, 7) is 6.37. The lowest BCUT2D eigenvalue weighted by Gasteiger charge is -2.29. The molecule has 2 aromatic rings. The third-order valence-electron chi connectivity index (χ3n) is 6.06. The molecule has 1 saturated heterocycles. The number of benzene rings is 1. The first-order valence-corrected chi connectivity index (χ1v) is 12.2. The zero-order chi connectivity index (χ0) is 24.2. The summed E-state index contributed by atoms with van der Waals surface area (Å²) in [4.78, 5) is 27.9. The van der Waals surface area contributed by atoms with Crippen LogP contribution in [-0.2, 0) is 26.5 Å². The van der Waals surface area contributed by atoms with Gasteiger partial charge in [0.05, 0.1) is 31.8 Å². The van der Waals surface area contributed by atoms with E-state index < -0.39 is 16.0 Å². The summed E-state index contributed by atoms with van der Waals surface area (Å²) in [7, 11) is -0.933. The van der Waals surface area contributed by atoms with Crippen LogP contribution in [0.25, 0.3) is 0 Å². The van der Waals surface area contributed by atoms with Crippen molar-refractivity contribution in [1.82, 2.24) is 13.8 Å². The quantitative estimate of drug-likeness (QED) is 0.400. The third kappa shape index (κ3) is 5.35. The Balaban J connectivity index is 1.91. The second-order valence-corrected chi connectivity index (χ2v) is 9.95. The van der Waals surface area contributed by atoms with Crippen LogP contribution in [-0.4, -0.2) is 87.0 Å². The van der Waals surface area contributed by atoms with Gasteiger partial charge in [0.15, 0.2) is 5.78 Å². The van der Waals surface area contributed by atoms with Gasteiger partial charge in [-0.25, -0.2) is 13.2 Å². The van der Waals surface area contributed by atoms with Gasteiger partial charge >= 0.3 is 5.97 Å². The zero-order valence-corrected chi connectivity index (χ0v) is 20.4. The highest BCUT2D eigenvalue weighted by Gasteiger charge is 2.31. The van der Waals surface area contributed by atoms with Gasteiger partial charge in [-0.05, 0) is 31.5 Å². The van der Waals surface area contributed by atoms with Crippen LogP contribution in [0.4, 0.5) is 0 Å². The number of ether oxygens (including phenoxy) is 2. The van der Waals surface area contributed by atoms with Crippen LogP contribution in [0.5, 0.6) is 0 Å². The molecule has 0 N–H and O–H groups in total. The fraction of sp³-hybridized carbons (Fsp3) is 0.478. The summed E-state index contributed by atoms with van der Waals surface area (Å²) in [5.74, 6) is -0.907. The fourth-order valence-electron chi connectivity index (χ4n) is 4.12. The minimum Gasteiger partial charge on any atom is -0.464 e. The predicted molar refractivity (Wildman–Crippen MR) is 123 cm³/mol. The Kier molecular flexibility index (Phi) is 8.06. The second kappa shape index (κ2) is 10.6. The Hall–Kier alpha value is -2.53. The summed E-state index contributed by atoms with van der Waals surface area (Å²) in [5.41, 5.74) is 1.70. The first-order chi connectivity index (χ1) is 15.7. The molecular formula is C23H31N3O6S. The molecule has 1 aromatic carbocycles. The lowest BCUT2D eigenvalue weighted by molar-refractivity contribution is 0.0362. The van der Waals surface area contributed by atoms with Gasteiger partial charge < -0.3 is 14.0 Å². The normalized spacial score (nSPS) is 15.1. The van der Waals surface area contributed by atoms with E-state index in [1.807, 2.05) is 0 Å². The monoisotopic (exact) mass is 477 g/mol. The Morgan fingerprint density at radius 2 is 1.76 bits per heavy atom. The van der Waals surface area contributed by atoms with E-state index in [1.54, 1.807) is 43.7 Å². The summed E-state index contributed by atoms with van der Waals surface area (Å²) < 4.78 is 39.9. The minimum absolute atomic E-state index is 0.136. The molecule has 0 atom stereocenters. The Bertz CT molecular complexity index is 1100. The van der Waals surface area contributed by atoms with E-state index in [2.05, 4.69) is 4.90 Å². The lowest BCUT2D eigenvalue weighted by atomic mass is 10.1. The van der Waals surface area contributed by atoms with Gasteiger partial charge in [0.1, 0.15) is 5.69 Å². The van der Waals surface area contributed by atoms with Gasteiger partial charge in [0, 0.05) is 44.5 Å². The van der Waals surface area contributed by atoms with Gasteiger partial charge in [0.25, 0.3) is 0 Å². The molecule has 0 saturated carbocycles. The van der Waals surface area contributed by atoms with Gasteiger partial charge in [-0.2, -0.15) is 4.31 Å². The molecule has 2 heterocycles. The van der Waals surface area contributed by atoms with Crippen molar-refractivity contribution in [2.45, 2.75) is 18.7 Å². The van der Waals surface area contributed by atoms with Crippen LogP contribution >= 0.6 is 0 Å². The van der Waals surface area contributed by atoms with Crippen molar-refractivity contribution in [3.8, 4) is 0 Å². The minimum atomic E-state index is -3.90. The van der Waals surface area contributed by atoms with E-state index in [0.717, 1.165) is 0 Å². The van der Waals surface area contributed by atoms with Gasteiger partial charge in [-0.15, -0.1) is 0 Å². The highest BCUT2D eigenvalue weighted by Crippen LogP contribution is 2.24. The Morgan fingerprint density at radius 3 is 2.36 bits per heavy atom. The fourth-order valence-corrected chi connectivity index (χ4v) is 5.53. The van der Waals surface area contributed by atoms with Crippen molar-refractivity contribution >= 4 is 21.8 Å². The maximum Gasteiger partial charge on any atom is 0.354 e. The van der Waals surface area contributed by atoms with Crippen molar-refractivity contribution in [3.05, 3.63) is 52.8 Å². The first kappa shape index (κ1) is 25.1. The maximum atomic E-state index is 13.4. The van der Waals surface area contributed by atoms with Crippen LogP contribution in [0.1, 0.15) is 32.1 Å². The summed E-state index contributed by atoms with van der Waals surface area (Å²) in [5, 5.41) is 0. The van der Waals surface area contributed by atoms with Crippen molar-refractivity contribution in [1.29, 1.82) is 0 Å². The molecule has 3 rings (SSSR count). The largest absolute Gasteiger partial charge is 0.464 e. The van der Waals surface area contributed by atoms with Gasteiger partial charge in [0.2, 0.25) is 10.0 Å². The highest BCUT2D eigenvalue weighted by molar-refractivity contribution is 7.89. The molecule has 0 radical (unpaired) electrons. The SMILES string of the molecule is COC(=O)c1c(C)c(C(=O)CN(CCN2CCOCC2)S(=O)(=O)c2ccccc2)c(C)n1C. The molecule has 0 bridgehead atoms. The average Bonchev–Trinajstić information content (AvgIpc) is 3.05. The molecule has 10 heteroatoms. The molecular weight excluding hydrogens is 446 g/mol. The number of sulfonamides is 1. The van der Waals surface area contributed by atoms with Crippen LogP contribution < -0.4 is 0 Å². The number of nitrogens with zero attached hydrogens (tertiary/aromatic N) is 3. The van der Waals surface area contributed by atoms with Crippen molar-refractivity contribution in [2.24, 2.45) is 7.05 Å². The number of methoxy groups -OCH3 is 1. The van der Waals surface area contributed by atoms with E-state index in [-0.39, 0.29) is 29.5 Å². The van der Waals surface area contributed by atoms with E-state index in [0.29, 0.717) is 49.7 Å². The molecule has 1 aliphatic heterocycles. The van der Waals surface area contributed by atoms with Crippen LogP contribution in [0.3, 0.4) is 0 Å². The van der Waals surface area contributed by atoms with Crippen LogP contribution in [0, 0.1) is 13.8 Å². The number of hydrogen-bond acceptors (Lipinski definition) is 7.